The van der Waals surface area contributed by atoms with Gasteiger partial charge in [-0.3, -0.25) is 0 Å². The molecule has 154 valence electrons. The third-order valence-electron chi connectivity index (χ3n) is 4.13. The summed E-state index contributed by atoms with van der Waals surface area (Å²) in [6.07, 6.45) is 1.34. The molecule has 3 rings (SSSR count). The third kappa shape index (κ3) is 4.64. The molecule has 1 heterocycles. The van der Waals surface area contributed by atoms with Crippen molar-refractivity contribution in [3.05, 3.63) is 66.0 Å². The number of benzene rings is 2. The number of hydrogen-bond donors (Lipinski definition) is 3. The SMILES string of the molecule is CCOC(=O)c1ccc(Nc2ncnc(Nc3ccccc3C(=O)OC)c2N)cc1. The number of nitrogens with one attached hydrogen (secondary N) is 2. The van der Waals surface area contributed by atoms with Crippen molar-refractivity contribution < 1.29 is 19.1 Å². The maximum atomic E-state index is 12.0. The Morgan fingerprint density at radius 3 is 2.30 bits per heavy atom. The van der Waals surface area contributed by atoms with Crippen LogP contribution >= 0.6 is 0 Å². The highest BCUT2D eigenvalue weighted by molar-refractivity contribution is 5.97. The molecular weight excluding hydrogens is 386 g/mol. The van der Waals surface area contributed by atoms with Crippen molar-refractivity contribution in [3.63, 3.8) is 0 Å². The van der Waals surface area contributed by atoms with Crippen molar-refractivity contribution in [2.75, 3.05) is 30.1 Å². The molecule has 1 aromatic heterocycles. The van der Waals surface area contributed by atoms with Crippen molar-refractivity contribution >= 4 is 40.6 Å². The quantitative estimate of drug-likeness (QED) is 0.504. The number of anilines is 5. The van der Waals surface area contributed by atoms with Gasteiger partial charge in [-0.1, -0.05) is 12.1 Å². The zero-order valence-corrected chi connectivity index (χ0v) is 16.5. The number of nitrogen functional groups attached to an aromatic ring is 1. The van der Waals surface area contributed by atoms with Gasteiger partial charge in [-0.2, -0.15) is 0 Å². The smallest absolute Gasteiger partial charge is 0.339 e. The monoisotopic (exact) mass is 407 g/mol. The first-order chi connectivity index (χ1) is 14.5. The Morgan fingerprint density at radius 1 is 0.967 bits per heavy atom. The maximum absolute atomic E-state index is 12.0. The molecule has 0 aliphatic carbocycles. The number of rotatable bonds is 7. The molecule has 9 nitrogen and oxygen atoms in total. The number of esters is 2. The van der Waals surface area contributed by atoms with Gasteiger partial charge in [0, 0.05) is 5.69 Å². The lowest BCUT2D eigenvalue weighted by Gasteiger charge is -2.14. The van der Waals surface area contributed by atoms with E-state index >= 15 is 0 Å². The number of hydrogen-bond acceptors (Lipinski definition) is 9. The number of carbonyl (C=O) groups excluding carboxylic acids is 2. The van der Waals surface area contributed by atoms with Crippen LogP contribution in [0, 0.1) is 0 Å². The predicted octanol–water partition coefficient (Wildman–Crippen LogP) is 3.51. The van der Waals surface area contributed by atoms with Crippen LogP contribution in [0.1, 0.15) is 27.6 Å². The fourth-order valence-corrected chi connectivity index (χ4v) is 2.64. The normalized spacial score (nSPS) is 10.2. The molecule has 0 aliphatic rings. The van der Waals surface area contributed by atoms with Crippen LogP contribution < -0.4 is 16.4 Å². The Balaban J connectivity index is 1.81. The molecule has 0 fully saturated rings. The maximum Gasteiger partial charge on any atom is 0.339 e. The Morgan fingerprint density at radius 2 is 1.63 bits per heavy atom. The van der Waals surface area contributed by atoms with Gasteiger partial charge in [0.05, 0.1) is 30.5 Å². The van der Waals surface area contributed by atoms with Gasteiger partial charge in [0.2, 0.25) is 0 Å². The van der Waals surface area contributed by atoms with Crippen molar-refractivity contribution in [2.45, 2.75) is 6.92 Å². The summed E-state index contributed by atoms with van der Waals surface area (Å²) in [4.78, 5) is 32.0. The second-order valence-electron chi connectivity index (χ2n) is 6.07. The first kappa shape index (κ1) is 20.6. The summed E-state index contributed by atoms with van der Waals surface area (Å²) in [7, 11) is 1.31. The standard InChI is InChI=1S/C21H21N5O4/c1-3-30-20(27)13-8-10-14(11-9-13)25-18-17(22)19(24-12-23-18)26-16-7-5-4-6-15(16)21(28)29-2/h4-12H,3,22H2,1-2H3,(H2,23,24,25,26). The van der Waals surface area contributed by atoms with E-state index in [9.17, 15) is 9.59 Å². The minimum Gasteiger partial charge on any atom is -0.465 e. The summed E-state index contributed by atoms with van der Waals surface area (Å²) in [6.45, 7) is 2.06. The molecule has 2 aromatic carbocycles. The number of methoxy groups -OCH3 is 1. The molecule has 0 amide bonds. The second kappa shape index (κ2) is 9.37. The molecule has 4 N–H and O–H groups in total. The Bertz CT molecular complexity index is 1050. The lowest BCUT2D eigenvalue weighted by molar-refractivity contribution is 0.0525. The molecule has 0 spiro atoms. The summed E-state index contributed by atoms with van der Waals surface area (Å²) in [5.41, 5.74) is 8.44. The van der Waals surface area contributed by atoms with Crippen LogP contribution in [-0.2, 0) is 9.47 Å². The Kier molecular flexibility index (Phi) is 6.43. The van der Waals surface area contributed by atoms with E-state index in [1.165, 1.54) is 13.4 Å². The zero-order chi connectivity index (χ0) is 21.5. The van der Waals surface area contributed by atoms with E-state index in [0.29, 0.717) is 40.7 Å². The minimum absolute atomic E-state index is 0.256. The molecular formula is C21H21N5O4. The lowest BCUT2D eigenvalue weighted by atomic mass is 10.2. The number of nitrogens with zero attached hydrogens (tertiary/aromatic N) is 2. The molecule has 3 aromatic rings. The summed E-state index contributed by atoms with van der Waals surface area (Å²) >= 11 is 0. The van der Waals surface area contributed by atoms with E-state index in [1.807, 2.05) is 0 Å². The number of ether oxygens (including phenoxy) is 2. The molecule has 0 saturated carbocycles. The molecule has 0 unspecified atom stereocenters. The van der Waals surface area contributed by atoms with Crippen LogP contribution in [0.15, 0.2) is 54.9 Å². The van der Waals surface area contributed by atoms with Gasteiger partial charge >= 0.3 is 11.9 Å². The second-order valence-corrected chi connectivity index (χ2v) is 6.07. The van der Waals surface area contributed by atoms with Crippen molar-refractivity contribution in [1.29, 1.82) is 0 Å². The van der Waals surface area contributed by atoms with E-state index in [2.05, 4.69) is 20.6 Å². The van der Waals surface area contributed by atoms with E-state index in [-0.39, 0.29) is 11.7 Å². The van der Waals surface area contributed by atoms with E-state index in [1.54, 1.807) is 55.5 Å². The topological polar surface area (TPSA) is 128 Å². The molecule has 0 aliphatic heterocycles. The van der Waals surface area contributed by atoms with Crippen LogP contribution in [0.4, 0.5) is 28.7 Å². The van der Waals surface area contributed by atoms with Crippen molar-refractivity contribution in [2.24, 2.45) is 0 Å². The first-order valence-corrected chi connectivity index (χ1v) is 9.12. The number of para-hydroxylation sites is 1. The molecule has 9 heteroatoms. The van der Waals surface area contributed by atoms with E-state index < -0.39 is 5.97 Å². The number of carbonyl (C=O) groups is 2. The van der Waals surface area contributed by atoms with Gasteiger partial charge in [-0.15, -0.1) is 0 Å². The predicted molar refractivity (Wildman–Crippen MR) is 113 cm³/mol. The Labute approximate surface area is 173 Å². The van der Waals surface area contributed by atoms with Gasteiger partial charge in [-0.05, 0) is 43.3 Å². The molecule has 0 saturated heterocycles. The van der Waals surface area contributed by atoms with Gasteiger partial charge in [-0.25, -0.2) is 19.6 Å². The number of aromatic nitrogens is 2. The van der Waals surface area contributed by atoms with Gasteiger partial charge in [0.1, 0.15) is 12.0 Å². The van der Waals surface area contributed by atoms with Crippen molar-refractivity contribution in [1.82, 2.24) is 9.97 Å². The van der Waals surface area contributed by atoms with Gasteiger partial charge < -0.3 is 25.8 Å². The fraction of sp³-hybridized carbons (Fsp3) is 0.143. The van der Waals surface area contributed by atoms with Crippen LogP contribution in [0.3, 0.4) is 0 Å². The summed E-state index contributed by atoms with van der Waals surface area (Å²) < 4.78 is 9.77. The zero-order valence-electron chi connectivity index (χ0n) is 16.5. The summed E-state index contributed by atoms with van der Waals surface area (Å²) in [5, 5.41) is 6.13. The highest BCUT2D eigenvalue weighted by Crippen LogP contribution is 2.29. The van der Waals surface area contributed by atoms with Crippen LogP contribution in [0.5, 0.6) is 0 Å². The first-order valence-electron chi connectivity index (χ1n) is 9.12. The molecule has 0 atom stereocenters. The summed E-state index contributed by atoms with van der Waals surface area (Å²) in [6, 6.07) is 13.6. The van der Waals surface area contributed by atoms with Crippen LogP contribution in [0.2, 0.25) is 0 Å². The van der Waals surface area contributed by atoms with E-state index in [4.69, 9.17) is 15.2 Å². The van der Waals surface area contributed by atoms with E-state index in [0.717, 1.165) is 0 Å². The van der Waals surface area contributed by atoms with Crippen LogP contribution in [-0.4, -0.2) is 35.6 Å². The molecule has 0 radical (unpaired) electrons. The van der Waals surface area contributed by atoms with Crippen LogP contribution in [0.25, 0.3) is 0 Å². The lowest BCUT2D eigenvalue weighted by Crippen LogP contribution is -2.09. The fourth-order valence-electron chi connectivity index (χ4n) is 2.64. The molecule has 0 bridgehead atoms. The molecule has 30 heavy (non-hydrogen) atoms. The highest BCUT2D eigenvalue weighted by atomic mass is 16.5. The van der Waals surface area contributed by atoms with Gasteiger partial charge in [0.15, 0.2) is 11.6 Å². The largest absolute Gasteiger partial charge is 0.465 e. The third-order valence-corrected chi connectivity index (χ3v) is 4.13. The van der Waals surface area contributed by atoms with Crippen molar-refractivity contribution in [3.8, 4) is 0 Å². The Hall–Kier alpha value is -4.14. The summed E-state index contributed by atoms with van der Waals surface area (Å²) in [5.74, 6) is -0.175. The number of nitrogens with two attached hydrogens (primary N) is 1. The highest BCUT2D eigenvalue weighted by Gasteiger charge is 2.15. The average molecular weight is 407 g/mol. The minimum atomic E-state index is -0.481. The average Bonchev–Trinajstić information content (AvgIpc) is 2.77. The van der Waals surface area contributed by atoms with Gasteiger partial charge in [0.25, 0.3) is 0 Å².